The molecule has 0 unspecified atom stereocenters. The lowest BCUT2D eigenvalue weighted by Gasteiger charge is -2.22. The standard InChI is InChI=1S/C28H38ClN3O5/c1-8-9-10-24(33)31-22-15-18(2)11-12-23(22)32(7)26(34)20-16-19(3)25(21(29)17-20)36-14-13-30-27(35)37-28(4,5)6/h11-12,15-17H,8-10,13-14H2,1-7H3,(H,30,35)(H,31,33). The van der Waals surface area contributed by atoms with E-state index < -0.39 is 11.7 Å². The van der Waals surface area contributed by atoms with Gasteiger partial charge in [-0.05, 0) is 76.4 Å². The van der Waals surface area contributed by atoms with Crippen LogP contribution in [-0.2, 0) is 9.53 Å². The summed E-state index contributed by atoms with van der Waals surface area (Å²) in [5.74, 6) is 0.0678. The zero-order valence-corrected chi connectivity index (χ0v) is 23.5. The molecule has 0 fully saturated rings. The number of ether oxygens (including phenoxy) is 2. The van der Waals surface area contributed by atoms with Gasteiger partial charge in [0.1, 0.15) is 18.0 Å². The number of halogens is 1. The van der Waals surface area contributed by atoms with Crippen LogP contribution in [0.3, 0.4) is 0 Å². The summed E-state index contributed by atoms with van der Waals surface area (Å²) in [7, 11) is 1.66. The van der Waals surface area contributed by atoms with Gasteiger partial charge in [0.05, 0.1) is 22.9 Å². The molecule has 0 saturated heterocycles. The van der Waals surface area contributed by atoms with Gasteiger partial charge in [0.25, 0.3) is 5.91 Å². The number of amides is 3. The first-order chi connectivity index (χ1) is 17.3. The van der Waals surface area contributed by atoms with Crippen LogP contribution in [0.2, 0.25) is 5.02 Å². The number of anilines is 2. The maximum atomic E-state index is 13.4. The van der Waals surface area contributed by atoms with Crippen LogP contribution in [-0.4, -0.2) is 43.7 Å². The average Bonchev–Trinajstić information content (AvgIpc) is 2.79. The minimum atomic E-state index is -0.583. The van der Waals surface area contributed by atoms with Crippen molar-refractivity contribution in [2.75, 3.05) is 30.4 Å². The zero-order chi connectivity index (χ0) is 27.8. The van der Waals surface area contributed by atoms with Gasteiger partial charge in [0.15, 0.2) is 0 Å². The van der Waals surface area contributed by atoms with Crippen LogP contribution in [0.25, 0.3) is 0 Å². The molecule has 0 aliphatic rings. The molecule has 2 N–H and O–H groups in total. The van der Waals surface area contributed by atoms with Gasteiger partial charge in [0.2, 0.25) is 5.91 Å². The summed E-state index contributed by atoms with van der Waals surface area (Å²) in [6.45, 7) is 11.5. The van der Waals surface area contributed by atoms with Crippen LogP contribution >= 0.6 is 11.6 Å². The maximum absolute atomic E-state index is 13.4. The van der Waals surface area contributed by atoms with E-state index in [4.69, 9.17) is 21.1 Å². The summed E-state index contributed by atoms with van der Waals surface area (Å²) < 4.78 is 11.0. The Morgan fingerprint density at radius 3 is 2.41 bits per heavy atom. The minimum absolute atomic E-state index is 0.0869. The van der Waals surface area contributed by atoms with Crippen molar-refractivity contribution in [1.29, 1.82) is 0 Å². The molecule has 0 aromatic heterocycles. The van der Waals surface area contributed by atoms with Crippen molar-refractivity contribution in [2.45, 2.75) is 66.4 Å². The molecule has 0 heterocycles. The summed E-state index contributed by atoms with van der Waals surface area (Å²) in [6.07, 6.45) is 1.61. The summed E-state index contributed by atoms with van der Waals surface area (Å²) in [6, 6.07) is 8.81. The van der Waals surface area contributed by atoms with Crippen molar-refractivity contribution in [2.24, 2.45) is 0 Å². The Hall–Kier alpha value is -3.26. The second-order valence-corrected chi connectivity index (χ2v) is 10.3. The highest BCUT2D eigenvalue weighted by Gasteiger charge is 2.21. The largest absolute Gasteiger partial charge is 0.490 e. The number of rotatable bonds is 10. The number of hydrogen-bond donors (Lipinski definition) is 2. The second kappa shape index (κ2) is 13.3. The number of aryl methyl sites for hydroxylation is 2. The third-order valence-corrected chi connectivity index (χ3v) is 5.62. The highest BCUT2D eigenvalue weighted by Crippen LogP contribution is 2.32. The number of hydrogen-bond acceptors (Lipinski definition) is 5. The van der Waals surface area contributed by atoms with E-state index in [9.17, 15) is 14.4 Å². The lowest BCUT2D eigenvalue weighted by molar-refractivity contribution is -0.116. The Morgan fingerprint density at radius 1 is 1.08 bits per heavy atom. The summed E-state index contributed by atoms with van der Waals surface area (Å²) >= 11 is 6.46. The molecule has 2 aromatic carbocycles. The molecule has 0 spiro atoms. The lowest BCUT2D eigenvalue weighted by atomic mass is 10.1. The normalized spacial score (nSPS) is 11.0. The van der Waals surface area contributed by atoms with Crippen LogP contribution in [0, 0.1) is 13.8 Å². The second-order valence-electron chi connectivity index (χ2n) is 9.92. The number of carbonyl (C=O) groups is 3. The number of nitrogens with zero attached hydrogens (tertiary/aromatic N) is 1. The van der Waals surface area contributed by atoms with Crippen LogP contribution in [0.15, 0.2) is 30.3 Å². The monoisotopic (exact) mass is 531 g/mol. The van der Waals surface area contributed by atoms with Crippen LogP contribution in [0.5, 0.6) is 5.75 Å². The molecular weight excluding hydrogens is 494 g/mol. The molecule has 2 rings (SSSR count). The van der Waals surface area contributed by atoms with Crippen molar-refractivity contribution < 1.29 is 23.9 Å². The van der Waals surface area contributed by atoms with Gasteiger partial charge in [-0.25, -0.2) is 4.79 Å². The van der Waals surface area contributed by atoms with E-state index in [2.05, 4.69) is 10.6 Å². The van der Waals surface area contributed by atoms with E-state index in [1.54, 1.807) is 46.9 Å². The number of nitrogens with one attached hydrogen (secondary N) is 2. The molecule has 202 valence electrons. The molecule has 0 aliphatic carbocycles. The molecule has 0 saturated carbocycles. The van der Waals surface area contributed by atoms with E-state index >= 15 is 0 Å². The Bertz CT molecular complexity index is 1100. The van der Waals surface area contributed by atoms with E-state index in [0.717, 1.165) is 18.4 Å². The van der Waals surface area contributed by atoms with Crippen LogP contribution in [0.4, 0.5) is 16.2 Å². The molecule has 0 aliphatic heterocycles. The van der Waals surface area contributed by atoms with Crippen LogP contribution < -0.4 is 20.3 Å². The lowest BCUT2D eigenvalue weighted by Crippen LogP contribution is -2.34. The van der Waals surface area contributed by atoms with Gasteiger partial charge in [-0.2, -0.15) is 0 Å². The van der Waals surface area contributed by atoms with Crippen molar-refractivity contribution in [3.8, 4) is 5.75 Å². The third-order valence-electron chi connectivity index (χ3n) is 5.34. The van der Waals surface area contributed by atoms with E-state index in [-0.39, 0.29) is 30.0 Å². The first-order valence-corrected chi connectivity index (χ1v) is 12.8. The van der Waals surface area contributed by atoms with Gasteiger partial charge >= 0.3 is 6.09 Å². The van der Waals surface area contributed by atoms with Crippen molar-refractivity contribution in [3.05, 3.63) is 52.0 Å². The fourth-order valence-electron chi connectivity index (χ4n) is 3.55. The Kier molecular flexibility index (Phi) is 10.8. The molecule has 9 heteroatoms. The number of unbranched alkanes of at least 4 members (excludes halogenated alkanes) is 1. The van der Waals surface area contributed by atoms with Crippen LogP contribution in [0.1, 0.15) is 68.4 Å². The van der Waals surface area contributed by atoms with Gasteiger partial charge in [-0.3, -0.25) is 9.59 Å². The topological polar surface area (TPSA) is 97.0 Å². The molecule has 0 radical (unpaired) electrons. The fraction of sp³-hybridized carbons (Fsp3) is 0.464. The number of carbonyl (C=O) groups excluding carboxylic acids is 3. The molecule has 0 bridgehead atoms. The Morgan fingerprint density at radius 2 is 1.78 bits per heavy atom. The van der Waals surface area contributed by atoms with E-state index in [1.165, 1.54) is 4.90 Å². The fourth-order valence-corrected chi connectivity index (χ4v) is 3.87. The van der Waals surface area contributed by atoms with E-state index in [1.807, 2.05) is 32.0 Å². The average molecular weight is 532 g/mol. The SMILES string of the molecule is CCCCC(=O)Nc1cc(C)ccc1N(C)C(=O)c1cc(C)c(OCCNC(=O)OC(C)(C)C)c(Cl)c1. The van der Waals surface area contributed by atoms with Gasteiger partial charge in [-0.1, -0.05) is 31.0 Å². The van der Waals surface area contributed by atoms with Gasteiger partial charge in [0, 0.05) is 19.0 Å². The molecule has 37 heavy (non-hydrogen) atoms. The van der Waals surface area contributed by atoms with E-state index in [0.29, 0.717) is 34.7 Å². The quantitative estimate of drug-likeness (QED) is 0.352. The predicted molar refractivity (Wildman–Crippen MR) is 148 cm³/mol. The number of alkyl carbamates (subject to hydrolysis) is 1. The third kappa shape index (κ3) is 9.28. The Balaban J connectivity index is 2.12. The number of benzene rings is 2. The van der Waals surface area contributed by atoms with Crippen molar-refractivity contribution in [1.82, 2.24) is 5.32 Å². The van der Waals surface area contributed by atoms with Crippen molar-refractivity contribution in [3.63, 3.8) is 0 Å². The molecular formula is C28H38ClN3O5. The predicted octanol–water partition coefficient (Wildman–Crippen LogP) is 6.27. The summed E-state index contributed by atoms with van der Waals surface area (Å²) in [5, 5.41) is 5.84. The maximum Gasteiger partial charge on any atom is 0.407 e. The van der Waals surface area contributed by atoms with Gasteiger partial charge < -0.3 is 25.0 Å². The Labute approximate surface area is 224 Å². The summed E-state index contributed by atoms with van der Waals surface area (Å²) in [4.78, 5) is 39.0. The van der Waals surface area contributed by atoms with Gasteiger partial charge in [-0.15, -0.1) is 0 Å². The molecule has 3 amide bonds. The first kappa shape index (κ1) is 30.0. The zero-order valence-electron chi connectivity index (χ0n) is 22.8. The molecule has 0 atom stereocenters. The van der Waals surface area contributed by atoms with Crippen molar-refractivity contribution >= 4 is 40.9 Å². The highest BCUT2D eigenvalue weighted by molar-refractivity contribution is 6.32. The summed E-state index contributed by atoms with van der Waals surface area (Å²) in [5.41, 5.74) is 2.61. The smallest absolute Gasteiger partial charge is 0.407 e. The molecule has 8 nitrogen and oxygen atoms in total. The highest BCUT2D eigenvalue weighted by atomic mass is 35.5. The first-order valence-electron chi connectivity index (χ1n) is 12.4. The molecule has 2 aromatic rings. The minimum Gasteiger partial charge on any atom is -0.490 e.